The molecule has 2 aromatic carbocycles. The van der Waals surface area contributed by atoms with Crippen LogP contribution in [-0.4, -0.2) is 25.5 Å². The predicted molar refractivity (Wildman–Crippen MR) is 101 cm³/mol. The van der Waals surface area contributed by atoms with E-state index >= 15 is 0 Å². The number of carboxylic acid groups (broad SMARTS) is 1. The fourth-order valence-electron chi connectivity index (χ4n) is 3.18. The van der Waals surface area contributed by atoms with Crippen LogP contribution in [0.25, 0.3) is 0 Å². The zero-order chi connectivity index (χ0) is 18.6. The summed E-state index contributed by atoms with van der Waals surface area (Å²) in [6.07, 6.45) is 5.43. The number of carboxylic acids is 1. The minimum atomic E-state index is -3.86. The molecule has 0 amide bonds. The maximum atomic E-state index is 12.6. The van der Waals surface area contributed by atoms with Gasteiger partial charge in [-0.3, -0.25) is 4.72 Å². The average molecular weight is 374 g/mol. The molecule has 1 aliphatic rings. The van der Waals surface area contributed by atoms with Crippen molar-refractivity contribution in [2.45, 2.75) is 43.0 Å². The summed E-state index contributed by atoms with van der Waals surface area (Å²) in [5.41, 5.74) is 0.850. The van der Waals surface area contributed by atoms with E-state index in [0.29, 0.717) is 11.4 Å². The number of hydrogen-bond acceptors (Lipinski definition) is 4. The molecule has 138 valence electrons. The molecule has 0 spiro atoms. The van der Waals surface area contributed by atoms with Crippen molar-refractivity contribution in [3.63, 3.8) is 0 Å². The van der Waals surface area contributed by atoms with Gasteiger partial charge in [0, 0.05) is 17.4 Å². The molecule has 26 heavy (non-hydrogen) atoms. The topological polar surface area (TPSA) is 95.5 Å². The van der Waals surface area contributed by atoms with Gasteiger partial charge in [-0.2, -0.15) is 0 Å². The lowest BCUT2D eigenvalue weighted by molar-refractivity contribution is 0.0697. The third kappa shape index (κ3) is 4.35. The first-order valence-electron chi connectivity index (χ1n) is 8.67. The molecule has 0 unspecified atom stereocenters. The first-order valence-corrected chi connectivity index (χ1v) is 10.2. The highest BCUT2D eigenvalue weighted by Gasteiger charge is 2.21. The molecule has 0 heterocycles. The molecule has 1 aliphatic carbocycles. The van der Waals surface area contributed by atoms with E-state index in [1.165, 1.54) is 24.6 Å². The summed E-state index contributed by atoms with van der Waals surface area (Å²) in [5.74, 6) is -1.15. The summed E-state index contributed by atoms with van der Waals surface area (Å²) < 4.78 is 27.6. The number of sulfonamides is 1. The van der Waals surface area contributed by atoms with E-state index in [1.54, 1.807) is 30.3 Å². The van der Waals surface area contributed by atoms with Crippen LogP contribution >= 0.6 is 0 Å². The van der Waals surface area contributed by atoms with Gasteiger partial charge in [-0.25, -0.2) is 13.2 Å². The lowest BCUT2D eigenvalue weighted by Crippen LogP contribution is -2.23. The normalized spacial score (nSPS) is 15.4. The number of carbonyl (C=O) groups is 1. The van der Waals surface area contributed by atoms with Gasteiger partial charge < -0.3 is 10.4 Å². The predicted octanol–water partition coefficient (Wildman–Crippen LogP) is 3.93. The second kappa shape index (κ2) is 7.78. The summed E-state index contributed by atoms with van der Waals surface area (Å²) in [6, 6.07) is 12.9. The molecule has 0 atom stereocenters. The average Bonchev–Trinajstić information content (AvgIpc) is 2.63. The second-order valence-electron chi connectivity index (χ2n) is 6.46. The maximum Gasteiger partial charge on any atom is 0.337 e. The molecule has 0 aromatic heterocycles. The van der Waals surface area contributed by atoms with Gasteiger partial charge in [-0.15, -0.1) is 0 Å². The van der Waals surface area contributed by atoms with Gasteiger partial charge in [0.2, 0.25) is 0 Å². The highest BCUT2D eigenvalue weighted by atomic mass is 32.2. The van der Waals surface area contributed by atoms with E-state index in [-0.39, 0.29) is 16.5 Å². The summed E-state index contributed by atoms with van der Waals surface area (Å²) in [6.45, 7) is 0. The monoisotopic (exact) mass is 374 g/mol. The van der Waals surface area contributed by atoms with E-state index < -0.39 is 16.0 Å². The molecule has 3 N–H and O–H groups in total. The minimum absolute atomic E-state index is 0.0356. The Morgan fingerprint density at radius 3 is 2.35 bits per heavy atom. The quantitative estimate of drug-likeness (QED) is 0.712. The Morgan fingerprint density at radius 2 is 1.69 bits per heavy atom. The highest BCUT2D eigenvalue weighted by molar-refractivity contribution is 7.92. The first-order chi connectivity index (χ1) is 12.5. The molecule has 2 aromatic rings. The van der Waals surface area contributed by atoms with Crippen molar-refractivity contribution in [3.8, 4) is 0 Å². The fourth-order valence-corrected chi connectivity index (χ4v) is 4.26. The summed E-state index contributed by atoms with van der Waals surface area (Å²) in [5, 5.41) is 12.8. The van der Waals surface area contributed by atoms with Crippen LogP contribution in [0.1, 0.15) is 42.5 Å². The standard InChI is InChI=1S/C19H22N2O4S/c22-19(23)17-13-16(26(24,25)21-15-9-5-2-6-10-15)11-12-18(17)20-14-7-3-1-4-8-14/h2,5-6,9-14,20-21H,1,3-4,7-8H2,(H,22,23). The Labute approximate surface area is 153 Å². The Balaban J connectivity index is 1.86. The number of nitrogens with one attached hydrogen (secondary N) is 2. The zero-order valence-electron chi connectivity index (χ0n) is 14.3. The Bertz CT molecular complexity index is 876. The number of para-hydroxylation sites is 1. The summed E-state index contributed by atoms with van der Waals surface area (Å²) in [7, 11) is -3.86. The first kappa shape index (κ1) is 18.3. The molecule has 0 bridgehead atoms. The summed E-state index contributed by atoms with van der Waals surface area (Å²) in [4.78, 5) is 11.6. The van der Waals surface area contributed by atoms with Crippen molar-refractivity contribution >= 4 is 27.4 Å². The Kier molecular flexibility index (Phi) is 5.46. The third-order valence-corrected chi connectivity index (χ3v) is 5.90. The van der Waals surface area contributed by atoms with E-state index in [4.69, 9.17) is 0 Å². The molecule has 0 saturated heterocycles. The minimum Gasteiger partial charge on any atom is -0.478 e. The van der Waals surface area contributed by atoms with Crippen molar-refractivity contribution in [2.75, 3.05) is 10.0 Å². The van der Waals surface area contributed by atoms with Crippen molar-refractivity contribution in [3.05, 3.63) is 54.1 Å². The zero-order valence-corrected chi connectivity index (χ0v) is 15.1. The van der Waals surface area contributed by atoms with Crippen molar-refractivity contribution in [2.24, 2.45) is 0 Å². The molecule has 7 heteroatoms. The van der Waals surface area contributed by atoms with Gasteiger partial charge in [0.25, 0.3) is 10.0 Å². The molecular formula is C19H22N2O4S. The van der Waals surface area contributed by atoms with Crippen LogP contribution in [0.2, 0.25) is 0 Å². The molecule has 1 saturated carbocycles. The van der Waals surface area contributed by atoms with Crippen LogP contribution < -0.4 is 10.0 Å². The number of hydrogen-bond donors (Lipinski definition) is 3. The van der Waals surface area contributed by atoms with Crippen molar-refractivity contribution in [1.29, 1.82) is 0 Å². The van der Waals surface area contributed by atoms with E-state index in [0.717, 1.165) is 25.7 Å². The van der Waals surface area contributed by atoms with Gasteiger partial charge in [-0.1, -0.05) is 37.5 Å². The molecule has 6 nitrogen and oxygen atoms in total. The van der Waals surface area contributed by atoms with Gasteiger partial charge in [0.15, 0.2) is 0 Å². The number of anilines is 2. The molecule has 1 fully saturated rings. The number of benzene rings is 2. The highest BCUT2D eigenvalue weighted by Crippen LogP contribution is 2.26. The summed E-state index contributed by atoms with van der Waals surface area (Å²) >= 11 is 0. The SMILES string of the molecule is O=C(O)c1cc(S(=O)(=O)Nc2ccccc2)ccc1NC1CCCCC1. The van der Waals surface area contributed by atoms with Crippen LogP contribution in [0, 0.1) is 0 Å². The number of aromatic carboxylic acids is 1. The fraction of sp³-hybridized carbons (Fsp3) is 0.316. The lowest BCUT2D eigenvalue weighted by atomic mass is 9.95. The van der Waals surface area contributed by atoms with Crippen LogP contribution in [0.15, 0.2) is 53.4 Å². The van der Waals surface area contributed by atoms with Crippen LogP contribution in [0.4, 0.5) is 11.4 Å². The van der Waals surface area contributed by atoms with Crippen molar-refractivity contribution < 1.29 is 18.3 Å². The molecule has 0 aliphatic heterocycles. The van der Waals surface area contributed by atoms with Crippen LogP contribution in [0.3, 0.4) is 0 Å². The Morgan fingerprint density at radius 1 is 1.00 bits per heavy atom. The van der Waals surface area contributed by atoms with Crippen molar-refractivity contribution in [1.82, 2.24) is 0 Å². The van der Waals surface area contributed by atoms with Gasteiger partial charge in [0.1, 0.15) is 0 Å². The maximum absolute atomic E-state index is 12.6. The van der Waals surface area contributed by atoms with Crippen LogP contribution in [-0.2, 0) is 10.0 Å². The van der Waals surface area contributed by atoms with Gasteiger partial charge >= 0.3 is 5.97 Å². The second-order valence-corrected chi connectivity index (χ2v) is 8.15. The molecule has 3 rings (SSSR count). The Hall–Kier alpha value is -2.54. The number of rotatable bonds is 6. The van der Waals surface area contributed by atoms with E-state index in [1.807, 2.05) is 0 Å². The lowest BCUT2D eigenvalue weighted by Gasteiger charge is -2.24. The largest absolute Gasteiger partial charge is 0.478 e. The third-order valence-electron chi connectivity index (χ3n) is 4.52. The van der Waals surface area contributed by atoms with E-state index in [9.17, 15) is 18.3 Å². The van der Waals surface area contributed by atoms with Gasteiger partial charge in [0.05, 0.1) is 10.5 Å². The smallest absolute Gasteiger partial charge is 0.337 e. The van der Waals surface area contributed by atoms with E-state index in [2.05, 4.69) is 10.0 Å². The van der Waals surface area contributed by atoms with Crippen LogP contribution in [0.5, 0.6) is 0 Å². The molecular weight excluding hydrogens is 352 g/mol. The van der Waals surface area contributed by atoms with Gasteiger partial charge in [-0.05, 0) is 43.2 Å². The molecule has 0 radical (unpaired) electrons.